The van der Waals surface area contributed by atoms with Crippen LogP contribution in [-0.2, 0) is 19.1 Å². The van der Waals surface area contributed by atoms with Gasteiger partial charge in [-0.1, -0.05) is 23.9 Å². The summed E-state index contributed by atoms with van der Waals surface area (Å²) in [4.78, 5) is 34.0. The number of ether oxygens (including phenoxy) is 2. The van der Waals surface area contributed by atoms with Crippen LogP contribution in [-0.4, -0.2) is 59.8 Å². The summed E-state index contributed by atoms with van der Waals surface area (Å²) in [6, 6.07) is 5.53. The van der Waals surface area contributed by atoms with Gasteiger partial charge in [-0.05, 0) is 37.0 Å². The highest BCUT2D eigenvalue weighted by atomic mass is 32.2. The SMILES string of the molecule is CCOC(=O)C1=C(C)N=C2SC=C(CC(=O)N3CCOCC3)N2C1c1cccc(F)c1. The molecule has 1 atom stereocenters. The van der Waals surface area contributed by atoms with E-state index < -0.39 is 17.8 Å². The van der Waals surface area contributed by atoms with Gasteiger partial charge < -0.3 is 19.3 Å². The van der Waals surface area contributed by atoms with Crippen molar-refractivity contribution in [3.05, 3.63) is 58.0 Å². The maximum atomic E-state index is 14.1. The molecular weight excluding hydrogens is 421 g/mol. The van der Waals surface area contributed by atoms with E-state index in [-0.39, 0.29) is 18.9 Å². The number of halogens is 1. The third kappa shape index (κ3) is 4.38. The third-order valence-electron chi connectivity index (χ3n) is 5.36. The van der Waals surface area contributed by atoms with Crippen molar-refractivity contribution < 1.29 is 23.5 Å². The molecule has 4 rings (SSSR count). The van der Waals surface area contributed by atoms with E-state index in [0.717, 1.165) is 5.70 Å². The van der Waals surface area contributed by atoms with Gasteiger partial charge in [0, 0.05) is 18.8 Å². The van der Waals surface area contributed by atoms with Crippen molar-refractivity contribution in [2.24, 2.45) is 4.99 Å². The first kappa shape index (κ1) is 21.6. The molecule has 0 saturated carbocycles. The number of nitrogens with zero attached hydrogens (tertiary/aromatic N) is 3. The molecule has 0 N–H and O–H groups in total. The first-order chi connectivity index (χ1) is 15.0. The first-order valence-corrected chi connectivity index (χ1v) is 11.1. The number of fused-ring (bicyclic) bond motifs is 1. The Kier molecular flexibility index (Phi) is 6.43. The topological polar surface area (TPSA) is 71.4 Å². The van der Waals surface area contributed by atoms with Gasteiger partial charge in [-0.2, -0.15) is 0 Å². The normalized spacial score (nSPS) is 20.9. The van der Waals surface area contributed by atoms with E-state index in [1.807, 2.05) is 10.3 Å². The molecule has 164 valence electrons. The highest BCUT2D eigenvalue weighted by Crippen LogP contribution is 2.45. The lowest BCUT2D eigenvalue weighted by molar-refractivity contribution is -0.139. The van der Waals surface area contributed by atoms with Crippen LogP contribution in [0.15, 0.2) is 51.6 Å². The first-order valence-electron chi connectivity index (χ1n) is 10.2. The van der Waals surface area contributed by atoms with Gasteiger partial charge in [-0.3, -0.25) is 4.79 Å². The van der Waals surface area contributed by atoms with Gasteiger partial charge in [-0.25, -0.2) is 14.2 Å². The molecule has 1 aromatic carbocycles. The predicted molar refractivity (Wildman–Crippen MR) is 115 cm³/mol. The van der Waals surface area contributed by atoms with Crippen molar-refractivity contribution in [3.8, 4) is 0 Å². The van der Waals surface area contributed by atoms with Crippen LogP contribution in [0.5, 0.6) is 0 Å². The average molecular weight is 446 g/mol. The number of benzene rings is 1. The number of thioether (sulfide) groups is 1. The molecule has 1 fully saturated rings. The zero-order valence-corrected chi connectivity index (χ0v) is 18.3. The van der Waals surface area contributed by atoms with Gasteiger partial charge in [0.05, 0.1) is 43.6 Å². The lowest BCUT2D eigenvalue weighted by atomic mass is 9.93. The van der Waals surface area contributed by atoms with Crippen LogP contribution in [0.4, 0.5) is 4.39 Å². The molecule has 31 heavy (non-hydrogen) atoms. The summed E-state index contributed by atoms with van der Waals surface area (Å²) in [7, 11) is 0. The summed E-state index contributed by atoms with van der Waals surface area (Å²) < 4.78 is 24.7. The third-order valence-corrected chi connectivity index (χ3v) is 6.25. The molecule has 7 nitrogen and oxygen atoms in total. The second-order valence-electron chi connectivity index (χ2n) is 7.34. The molecule has 0 spiro atoms. The number of amides is 1. The quantitative estimate of drug-likeness (QED) is 0.648. The summed E-state index contributed by atoms with van der Waals surface area (Å²) in [5, 5.41) is 2.54. The number of carbonyl (C=O) groups excluding carboxylic acids is 2. The number of allylic oxidation sites excluding steroid dienone is 1. The highest BCUT2D eigenvalue weighted by molar-refractivity contribution is 8.16. The minimum atomic E-state index is -0.624. The van der Waals surface area contributed by atoms with Crippen molar-refractivity contribution in [1.29, 1.82) is 0 Å². The van der Waals surface area contributed by atoms with Crippen molar-refractivity contribution in [3.63, 3.8) is 0 Å². The maximum Gasteiger partial charge on any atom is 0.338 e. The van der Waals surface area contributed by atoms with Gasteiger partial charge in [0.15, 0.2) is 5.17 Å². The smallest absolute Gasteiger partial charge is 0.338 e. The van der Waals surface area contributed by atoms with E-state index in [9.17, 15) is 14.0 Å². The number of carbonyl (C=O) groups is 2. The Morgan fingerprint density at radius 3 is 2.81 bits per heavy atom. The fourth-order valence-electron chi connectivity index (χ4n) is 3.91. The van der Waals surface area contributed by atoms with Crippen LogP contribution in [0, 0.1) is 5.82 Å². The lowest BCUT2D eigenvalue weighted by Crippen LogP contribution is -2.42. The zero-order valence-electron chi connectivity index (χ0n) is 17.5. The molecule has 0 aliphatic carbocycles. The molecule has 3 heterocycles. The molecule has 1 amide bonds. The Labute approximate surface area is 184 Å². The fourth-order valence-corrected chi connectivity index (χ4v) is 4.88. The van der Waals surface area contributed by atoms with Crippen LogP contribution in [0.2, 0.25) is 0 Å². The predicted octanol–water partition coefficient (Wildman–Crippen LogP) is 3.21. The Balaban J connectivity index is 1.69. The summed E-state index contributed by atoms with van der Waals surface area (Å²) in [6.45, 7) is 5.87. The number of morpholine rings is 1. The van der Waals surface area contributed by atoms with E-state index in [4.69, 9.17) is 9.47 Å². The van der Waals surface area contributed by atoms with Gasteiger partial charge in [0.1, 0.15) is 5.82 Å². The van der Waals surface area contributed by atoms with E-state index in [0.29, 0.717) is 48.3 Å². The molecule has 0 radical (unpaired) electrons. The molecule has 3 aliphatic rings. The Morgan fingerprint density at radius 1 is 1.32 bits per heavy atom. The van der Waals surface area contributed by atoms with Crippen molar-refractivity contribution >= 4 is 28.8 Å². The van der Waals surface area contributed by atoms with Crippen LogP contribution >= 0.6 is 11.8 Å². The zero-order chi connectivity index (χ0) is 22.0. The minimum Gasteiger partial charge on any atom is -0.463 e. The van der Waals surface area contributed by atoms with Crippen LogP contribution in [0.1, 0.15) is 31.9 Å². The van der Waals surface area contributed by atoms with E-state index in [1.165, 1.54) is 23.9 Å². The van der Waals surface area contributed by atoms with Crippen LogP contribution < -0.4 is 0 Å². The summed E-state index contributed by atoms with van der Waals surface area (Å²) in [5.41, 5.74) is 2.20. The molecule has 9 heteroatoms. The van der Waals surface area contributed by atoms with Gasteiger partial charge in [0.25, 0.3) is 0 Å². The van der Waals surface area contributed by atoms with Crippen LogP contribution in [0.3, 0.4) is 0 Å². The van der Waals surface area contributed by atoms with Gasteiger partial charge >= 0.3 is 5.97 Å². The summed E-state index contributed by atoms with van der Waals surface area (Å²) in [5.74, 6) is -0.907. The van der Waals surface area contributed by atoms with Crippen molar-refractivity contribution in [2.75, 3.05) is 32.9 Å². The van der Waals surface area contributed by atoms with E-state index in [1.54, 1.807) is 30.9 Å². The van der Waals surface area contributed by atoms with Crippen LogP contribution in [0.25, 0.3) is 0 Å². The monoisotopic (exact) mass is 445 g/mol. The van der Waals surface area contributed by atoms with Crippen molar-refractivity contribution in [1.82, 2.24) is 9.80 Å². The van der Waals surface area contributed by atoms with E-state index in [2.05, 4.69) is 4.99 Å². The van der Waals surface area contributed by atoms with Gasteiger partial charge in [-0.15, -0.1) is 0 Å². The highest BCUT2D eigenvalue weighted by Gasteiger charge is 2.41. The standard InChI is InChI=1S/C22H24FN3O4S/c1-3-30-21(28)19-14(2)24-22-26(20(19)15-5-4-6-16(23)11-15)17(13-31-22)12-18(27)25-7-9-29-10-8-25/h4-6,11,13,20H,3,7-10,12H2,1-2H3. The second kappa shape index (κ2) is 9.23. The fraction of sp³-hybridized carbons (Fsp3) is 0.409. The summed E-state index contributed by atoms with van der Waals surface area (Å²) in [6.07, 6.45) is 0.160. The number of hydrogen-bond acceptors (Lipinski definition) is 7. The number of esters is 1. The Morgan fingerprint density at radius 2 is 2.10 bits per heavy atom. The molecule has 3 aliphatic heterocycles. The van der Waals surface area contributed by atoms with Crippen molar-refractivity contribution in [2.45, 2.75) is 26.3 Å². The molecule has 0 bridgehead atoms. The Bertz CT molecular complexity index is 985. The number of hydrogen-bond donors (Lipinski definition) is 0. The second-order valence-corrected chi connectivity index (χ2v) is 8.18. The lowest BCUT2D eigenvalue weighted by Gasteiger charge is -2.37. The minimum absolute atomic E-state index is 0.0154. The van der Waals surface area contributed by atoms with E-state index >= 15 is 0 Å². The largest absolute Gasteiger partial charge is 0.463 e. The molecular formula is C22H24FN3O4S. The molecule has 1 unspecified atom stereocenters. The number of rotatable bonds is 5. The summed E-state index contributed by atoms with van der Waals surface area (Å²) >= 11 is 1.39. The molecule has 1 aromatic rings. The molecule has 1 saturated heterocycles. The number of aliphatic imine (C=N–C) groups is 1. The maximum absolute atomic E-state index is 14.1. The number of amidine groups is 1. The molecule has 0 aromatic heterocycles. The average Bonchev–Trinajstić information content (AvgIpc) is 3.15. The Hall–Kier alpha value is -2.65. The van der Waals surface area contributed by atoms with Gasteiger partial charge in [0.2, 0.25) is 5.91 Å².